The predicted octanol–water partition coefficient (Wildman–Crippen LogP) is 5.34. The molecule has 3 aliphatic carbocycles. The summed E-state index contributed by atoms with van der Waals surface area (Å²) in [6, 6.07) is 16.4. The number of alkyl carbamates (subject to hydrolysis) is 1. The number of carbonyl (C=O) groups excluding carboxylic acids is 1. The van der Waals surface area contributed by atoms with Gasteiger partial charge in [-0.15, -0.1) is 0 Å². The summed E-state index contributed by atoms with van der Waals surface area (Å²) in [5.74, 6) is -0.648. The van der Waals surface area contributed by atoms with Gasteiger partial charge in [0, 0.05) is 5.92 Å². The molecule has 0 heterocycles. The number of benzene rings is 2. The number of amides is 1. The Morgan fingerprint density at radius 3 is 2.32 bits per heavy atom. The van der Waals surface area contributed by atoms with Crippen LogP contribution in [-0.4, -0.2) is 29.3 Å². The van der Waals surface area contributed by atoms with Crippen molar-refractivity contribution in [1.29, 1.82) is 0 Å². The molecule has 2 saturated carbocycles. The zero-order valence-corrected chi connectivity index (χ0v) is 17.9. The predicted molar refractivity (Wildman–Crippen MR) is 118 cm³/mol. The normalized spacial score (nSPS) is 29.0. The van der Waals surface area contributed by atoms with E-state index in [1.807, 2.05) is 24.3 Å². The summed E-state index contributed by atoms with van der Waals surface area (Å²) in [4.78, 5) is 25.1. The summed E-state index contributed by atoms with van der Waals surface area (Å²) in [6.07, 6.45) is 4.67. The van der Waals surface area contributed by atoms with Crippen LogP contribution < -0.4 is 5.32 Å². The van der Waals surface area contributed by atoms with Gasteiger partial charge in [0.25, 0.3) is 0 Å². The highest BCUT2D eigenvalue weighted by Crippen LogP contribution is 2.56. The van der Waals surface area contributed by atoms with Gasteiger partial charge in [0.1, 0.15) is 12.1 Å². The number of carboxylic acid groups (broad SMARTS) is 1. The van der Waals surface area contributed by atoms with Crippen LogP contribution in [0.4, 0.5) is 4.79 Å². The first-order valence-corrected chi connectivity index (χ1v) is 11.3. The minimum Gasteiger partial charge on any atom is -0.480 e. The number of aliphatic carboxylic acids is 1. The van der Waals surface area contributed by atoms with Gasteiger partial charge in [0.05, 0.1) is 0 Å². The van der Waals surface area contributed by atoms with E-state index < -0.39 is 17.6 Å². The van der Waals surface area contributed by atoms with Crippen molar-refractivity contribution in [3.05, 3.63) is 59.7 Å². The molecule has 31 heavy (non-hydrogen) atoms. The second kappa shape index (κ2) is 7.40. The summed E-state index contributed by atoms with van der Waals surface area (Å²) in [7, 11) is 0. The molecule has 0 radical (unpaired) electrons. The van der Waals surface area contributed by atoms with Crippen LogP contribution >= 0.6 is 0 Å². The average Bonchev–Trinajstić information content (AvgIpc) is 3.24. The van der Waals surface area contributed by atoms with Crippen molar-refractivity contribution in [2.45, 2.75) is 56.9 Å². The smallest absolute Gasteiger partial charge is 0.408 e. The lowest BCUT2D eigenvalue weighted by Gasteiger charge is -2.36. The topological polar surface area (TPSA) is 75.6 Å². The lowest BCUT2D eigenvalue weighted by molar-refractivity contribution is -0.144. The van der Waals surface area contributed by atoms with Gasteiger partial charge < -0.3 is 15.2 Å². The molecule has 0 saturated heterocycles. The third-order valence-corrected chi connectivity index (χ3v) is 7.93. The van der Waals surface area contributed by atoms with Crippen LogP contribution in [0.3, 0.4) is 0 Å². The number of hydrogen-bond acceptors (Lipinski definition) is 3. The Bertz CT molecular complexity index is 988. The molecule has 2 aromatic carbocycles. The van der Waals surface area contributed by atoms with E-state index in [0.29, 0.717) is 18.8 Å². The maximum Gasteiger partial charge on any atom is 0.408 e. The second-order valence-corrected chi connectivity index (χ2v) is 9.82. The molecular weight excluding hydrogens is 390 g/mol. The van der Waals surface area contributed by atoms with Gasteiger partial charge in [-0.1, -0.05) is 68.3 Å². The van der Waals surface area contributed by atoms with E-state index in [1.54, 1.807) is 0 Å². The zero-order chi connectivity index (χ0) is 21.6. The Hall–Kier alpha value is -2.82. The largest absolute Gasteiger partial charge is 0.480 e. The van der Waals surface area contributed by atoms with Gasteiger partial charge in [0.15, 0.2) is 0 Å². The summed E-state index contributed by atoms with van der Waals surface area (Å²) in [5.41, 5.74) is 3.37. The molecule has 1 unspecified atom stereocenters. The second-order valence-electron chi connectivity index (χ2n) is 9.82. The van der Waals surface area contributed by atoms with Crippen molar-refractivity contribution in [3.63, 3.8) is 0 Å². The lowest BCUT2D eigenvalue weighted by Crippen LogP contribution is -2.53. The molecule has 5 rings (SSSR count). The van der Waals surface area contributed by atoms with Crippen LogP contribution in [0, 0.1) is 11.3 Å². The standard InChI is InChI=1S/C26H29NO4/c1-25-13-7-6-8-17(25)14-26(16-25,23(28)29)27-24(30)31-15-22-20-11-4-2-9-18(20)19-10-3-5-12-21(19)22/h2-5,9-12,17,22H,6-8,13-16H2,1H3,(H,27,30)(H,28,29)/t17-,25+,26?/m1/s1. The molecule has 0 aromatic heterocycles. The van der Waals surface area contributed by atoms with Crippen LogP contribution in [-0.2, 0) is 9.53 Å². The average molecular weight is 420 g/mol. The minimum absolute atomic E-state index is 0.0206. The van der Waals surface area contributed by atoms with Crippen molar-refractivity contribution in [3.8, 4) is 11.1 Å². The third-order valence-electron chi connectivity index (χ3n) is 7.93. The Morgan fingerprint density at radius 2 is 1.71 bits per heavy atom. The Labute approximate surface area is 182 Å². The number of fused-ring (bicyclic) bond motifs is 4. The molecule has 3 atom stereocenters. The van der Waals surface area contributed by atoms with E-state index in [0.717, 1.165) is 36.8 Å². The van der Waals surface area contributed by atoms with Crippen molar-refractivity contribution >= 4 is 12.1 Å². The fourth-order valence-electron chi connectivity index (χ4n) is 6.38. The molecule has 2 N–H and O–H groups in total. The van der Waals surface area contributed by atoms with Gasteiger partial charge in [-0.2, -0.15) is 0 Å². The third kappa shape index (κ3) is 3.31. The molecule has 0 bridgehead atoms. The minimum atomic E-state index is -1.23. The van der Waals surface area contributed by atoms with Crippen LogP contribution in [0.15, 0.2) is 48.5 Å². The molecule has 5 heteroatoms. The fraction of sp³-hybridized carbons (Fsp3) is 0.462. The molecule has 2 aromatic rings. The molecule has 0 aliphatic heterocycles. The highest BCUT2D eigenvalue weighted by molar-refractivity contribution is 5.85. The Morgan fingerprint density at radius 1 is 1.06 bits per heavy atom. The summed E-state index contributed by atoms with van der Waals surface area (Å²) in [5, 5.41) is 12.8. The highest BCUT2D eigenvalue weighted by atomic mass is 16.5. The number of ether oxygens (including phenoxy) is 1. The van der Waals surface area contributed by atoms with Gasteiger partial charge in [-0.25, -0.2) is 9.59 Å². The van der Waals surface area contributed by atoms with Crippen LogP contribution in [0.5, 0.6) is 0 Å². The monoisotopic (exact) mass is 419 g/mol. The number of carbonyl (C=O) groups is 2. The van der Waals surface area contributed by atoms with E-state index in [2.05, 4.69) is 36.5 Å². The van der Waals surface area contributed by atoms with E-state index in [9.17, 15) is 14.7 Å². The quantitative estimate of drug-likeness (QED) is 0.701. The first-order valence-electron chi connectivity index (χ1n) is 11.3. The lowest BCUT2D eigenvalue weighted by atomic mass is 9.70. The number of carboxylic acids is 1. The maximum atomic E-state index is 12.8. The number of nitrogens with one attached hydrogen (secondary N) is 1. The molecule has 1 amide bonds. The summed E-state index contributed by atoms with van der Waals surface area (Å²) < 4.78 is 5.65. The first kappa shape index (κ1) is 20.1. The summed E-state index contributed by atoms with van der Waals surface area (Å²) >= 11 is 0. The van der Waals surface area contributed by atoms with E-state index >= 15 is 0 Å². The summed E-state index contributed by atoms with van der Waals surface area (Å²) in [6.45, 7) is 2.37. The molecule has 5 nitrogen and oxygen atoms in total. The van der Waals surface area contributed by atoms with E-state index in [1.165, 1.54) is 11.1 Å². The van der Waals surface area contributed by atoms with Crippen LogP contribution in [0.1, 0.15) is 62.5 Å². The van der Waals surface area contributed by atoms with Gasteiger partial charge in [-0.3, -0.25) is 0 Å². The van der Waals surface area contributed by atoms with Crippen LogP contribution in [0.2, 0.25) is 0 Å². The van der Waals surface area contributed by atoms with Crippen LogP contribution in [0.25, 0.3) is 11.1 Å². The van der Waals surface area contributed by atoms with E-state index in [4.69, 9.17) is 4.74 Å². The first-order chi connectivity index (χ1) is 14.9. The molecular formula is C26H29NO4. The number of rotatable bonds is 4. The van der Waals surface area contributed by atoms with Gasteiger partial charge >= 0.3 is 12.1 Å². The molecule has 2 fully saturated rings. The van der Waals surface area contributed by atoms with Crippen molar-refractivity contribution in [1.82, 2.24) is 5.32 Å². The van der Waals surface area contributed by atoms with Crippen molar-refractivity contribution in [2.24, 2.45) is 11.3 Å². The fourth-order valence-corrected chi connectivity index (χ4v) is 6.38. The zero-order valence-electron chi connectivity index (χ0n) is 17.9. The SMILES string of the molecule is C[C@@]12CCCC[C@@H]1CC(NC(=O)OCC1c3ccccc3-c3ccccc31)(C(=O)O)C2. The molecule has 162 valence electrons. The maximum absolute atomic E-state index is 12.8. The van der Waals surface area contributed by atoms with Crippen molar-refractivity contribution in [2.75, 3.05) is 6.61 Å². The van der Waals surface area contributed by atoms with Crippen molar-refractivity contribution < 1.29 is 19.4 Å². The van der Waals surface area contributed by atoms with Gasteiger partial charge in [0.2, 0.25) is 0 Å². The molecule has 3 aliphatic rings. The highest BCUT2D eigenvalue weighted by Gasteiger charge is 2.57. The molecule has 0 spiro atoms. The van der Waals surface area contributed by atoms with E-state index in [-0.39, 0.29) is 17.9 Å². The number of hydrogen-bond donors (Lipinski definition) is 2. The Balaban J connectivity index is 1.32. The Kier molecular flexibility index (Phi) is 4.80. The van der Waals surface area contributed by atoms with Gasteiger partial charge in [-0.05, 0) is 59.3 Å².